The molecule has 35 heavy (non-hydrogen) atoms. The fourth-order valence-electron chi connectivity index (χ4n) is 3.35. The molecule has 2 amide bonds. The van der Waals surface area contributed by atoms with Gasteiger partial charge in [0.1, 0.15) is 35.1 Å². The maximum absolute atomic E-state index is 12.9. The van der Waals surface area contributed by atoms with Crippen LogP contribution in [0.5, 0.6) is 0 Å². The van der Waals surface area contributed by atoms with Gasteiger partial charge in [0.25, 0.3) is 11.8 Å². The van der Waals surface area contributed by atoms with Crippen molar-refractivity contribution in [1.29, 1.82) is 0 Å². The van der Waals surface area contributed by atoms with Gasteiger partial charge in [0, 0.05) is 24.6 Å². The van der Waals surface area contributed by atoms with Crippen molar-refractivity contribution >= 4 is 64.6 Å². The summed E-state index contributed by atoms with van der Waals surface area (Å²) in [7, 11) is 2.89. The molecule has 2 aliphatic rings. The van der Waals surface area contributed by atoms with Crippen LogP contribution in [0.15, 0.2) is 27.6 Å². The molecule has 184 valence electrons. The minimum Gasteiger partial charge on any atom is -0.477 e. The van der Waals surface area contributed by atoms with Gasteiger partial charge < -0.3 is 21.0 Å². The van der Waals surface area contributed by atoms with Gasteiger partial charge in [-0.2, -0.15) is 0 Å². The van der Waals surface area contributed by atoms with Gasteiger partial charge in [0.05, 0.1) is 0 Å². The molecular weight excluding hydrogens is 524 g/mol. The Morgan fingerprint density at radius 2 is 2.23 bits per heavy atom. The minimum atomic E-state index is -1.24. The second-order valence-corrected chi connectivity index (χ2v) is 9.48. The predicted octanol–water partition coefficient (Wildman–Crippen LogP) is -0.883. The van der Waals surface area contributed by atoms with E-state index in [0.717, 1.165) is 0 Å². The number of halogens is 1. The van der Waals surface area contributed by atoms with E-state index in [1.807, 2.05) is 0 Å². The number of hydrogen-bond acceptors (Lipinski definition) is 13. The Hall–Kier alpha value is -3.44. The molecule has 1 unspecified atom stereocenters. The monoisotopic (exact) mass is 540 g/mol. The van der Waals surface area contributed by atoms with Gasteiger partial charge in [-0.25, -0.2) is 19.4 Å². The molecule has 0 radical (unpaired) electrons. The smallest absolute Gasteiger partial charge is 0.352 e. The van der Waals surface area contributed by atoms with Crippen LogP contribution in [0.4, 0.5) is 5.95 Å². The third kappa shape index (κ3) is 4.87. The van der Waals surface area contributed by atoms with Crippen molar-refractivity contribution < 1.29 is 24.3 Å². The summed E-state index contributed by atoms with van der Waals surface area (Å²) in [6.07, 6.45) is 0. The van der Waals surface area contributed by atoms with Crippen LogP contribution in [0.2, 0.25) is 5.15 Å². The maximum atomic E-state index is 12.9. The van der Waals surface area contributed by atoms with E-state index in [0.29, 0.717) is 16.5 Å². The normalized spacial score (nSPS) is 19.8. The zero-order chi connectivity index (χ0) is 25.3. The first-order valence-electron chi connectivity index (χ1n) is 9.68. The Morgan fingerprint density at radius 1 is 1.46 bits per heavy atom. The molecule has 0 bridgehead atoms. The van der Waals surface area contributed by atoms with Crippen molar-refractivity contribution in [1.82, 2.24) is 40.4 Å². The molecule has 15 nitrogen and oxygen atoms in total. The van der Waals surface area contributed by atoms with Crippen molar-refractivity contribution in [2.24, 2.45) is 12.2 Å². The molecule has 4 rings (SSSR count). The number of aryl methyl sites for hydroxylation is 1. The number of nitrogen functional groups attached to an aromatic ring is 1. The number of thioether (sulfide) groups is 2. The summed E-state index contributed by atoms with van der Waals surface area (Å²) < 4.78 is 1.46. The number of tetrazole rings is 1. The summed E-state index contributed by atoms with van der Waals surface area (Å²) >= 11 is 8.46. The predicted molar refractivity (Wildman–Crippen MR) is 124 cm³/mol. The van der Waals surface area contributed by atoms with E-state index in [9.17, 15) is 19.5 Å². The van der Waals surface area contributed by atoms with Gasteiger partial charge in [0.15, 0.2) is 5.71 Å². The molecule has 2 aliphatic heterocycles. The van der Waals surface area contributed by atoms with Gasteiger partial charge in [-0.05, 0) is 16.0 Å². The van der Waals surface area contributed by atoms with E-state index in [4.69, 9.17) is 22.2 Å². The summed E-state index contributed by atoms with van der Waals surface area (Å²) in [5.41, 5.74) is 5.72. The molecule has 0 aromatic carbocycles. The van der Waals surface area contributed by atoms with Gasteiger partial charge in [-0.3, -0.25) is 14.5 Å². The lowest BCUT2D eigenvalue weighted by atomic mass is 10.0. The van der Waals surface area contributed by atoms with Crippen molar-refractivity contribution in [2.45, 2.75) is 16.6 Å². The number of hydrogen-bond donors (Lipinski definition) is 3. The van der Waals surface area contributed by atoms with Gasteiger partial charge in [-0.1, -0.05) is 28.5 Å². The fourth-order valence-corrected chi connectivity index (χ4v) is 5.88. The van der Waals surface area contributed by atoms with Crippen LogP contribution in [0.1, 0.15) is 5.69 Å². The average Bonchev–Trinajstić information content (AvgIpc) is 3.22. The lowest BCUT2D eigenvalue weighted by molar-refractivity contribution is -0.150. The maximum Gasteiger partial charge on any atom is 0.352 e. The number of nitrogens with one attached hydrogen (secondary N) is 1. The molecule has 1 saturated heterocycles. The first kappa shape index (κ1) is 24.7. The van der Waals surface area contributed by atoms with Crippen molar-refractivity contribution in [2.75, 3.05) is 24.3 Å². The fraction of sp³-hybridized carbons (Fsp3) is 0.353. The average molecular weight is 541 g/mol. The SMILES string of the molecule is CON=C(C(=O)NC1C(=O)N2C(C(=O)O)=C(CSc3nnnn3C)CS[C@H]12)c1cc(Cl)nc(N)n1. The number of aromatic nitrogens is 6. The minimum absolute atomic E-state index is 0.00882. The standard InChI is InChI=1S/C17H17ClN10O5S2/c1-27-17(23-25-26-27)35-5-6-4-34-14-10(13(30)28(14)11(6)15(31)32)22-12(29)9(24-33-2)7-3-8(18)21-16(19)20-7/h3,10,14H,4-5H2,1-2H3,(H,22,29)(H,31,32)(H2,19,20,21)/t10?,14-/m1/s1. The summed E-state index contributed by atoms with van der Waals surface area (Å²) in [4.78, 5) is 51.4. The van der Waals surface area contributed by atoms with E-state index >= 15 is 0 Å². The van der Waals surface area contributed by atoms with Crippen molar-refractivity contribution in [3.8, 4) is 0 Å². The Kier molecular flexibility index (Phi) is 7.08. The number of nitrogens with two attached hydrogens (primary N) is 1. The van der Waals surface area contributed by atoms with Gasteiger partial charge >= 0.3 is 5.97 Å². The van der Waals surface area contributed by atoms with Gasteiger partial charge in [0.2, 0.25) is 11.1 Å². The lowest BCUT2D eigenvalue weighted by Crippen LogP contribution is -2.71. The highest BCUT2D eigenvalue weighted by Gasteiger charge is 2.54. The molecule has 4 N–H and O–H groups in total. The first-order valence-corrected chi connectivity index (χ1v) is 12.1. The first-order chi connectivity index (χ1) is 16.7. The Balaban J connectivity index is 1.51. The van der Waals surface area contributed by atoms with Crippen LogP contribution in [0.25, 0.3) is 0 Å². The second-order valence-electron chi connectivity index (χ2n) is 7.05. The third-order valence-electron chi connectivity index (χ3n) is 4.85. The van der Waals surface area contributed by atoms with E-state index in [2.05, 4.69) is 36.0 Å². The second kappa shape index (κ2) is 10.0. The quantitative estimate of drug-likeness (QED) is 0.122. The lowest BCUT2D eigenvalue weighted by Gasteiger charge is -2.49. The van der Waals surface area contributed by atoms with Crippen LogP contribution >= 0.6 is 35.1 Å². The van der Waals surface area contributed by atoms with Crippen molar-refractivity contribution in [3.63, 3.8) is 0 Å². The summed E-state index contributed by atoms with van der Waals surface area (Å²) in [5.74, 6) is -2.18. The van der Waals surface area contributed by atoms with E-state index < -0.39 is 29.2 Å². The van der Waals surface area contributed by atoms with Crippen molar-refractivity contribution in [3.05, 3.63) is 28.2 Å². The molecule has 0 saturated carbocycles. The van der Waals surface area contributed by atoms with Crippen LogP contribution in [-0.2, 0) is 26.3 Å². The molecule has 18 heteroatoms. The molecule has 4 heterocycles. The van der Waals surface area contributed by atoms with Crippen LogP contribution in [0.3, 0.4) is 0 Å². The molecule has 2 aromatic heterocycles. The number of amides is 2. The molecule has 0 spiro atoms. The number of β-lactam (4-membered cyclic amide) rings is 1. The summed E-state index contributed by atoms with van der Waals surface area (Å²) in [6, 6.07) is 0.275. The van der Waals surface area contributed by atoms with E-state index in [1.165, 1.54) is 46.3 Å². The Bertz CT molecular complexity index is 1250. The largest absolute Gasteiger partial charge is 0.477 e. The highest BCUT2D eigenvalue weighted by Crippen LogP contribution is 2.41. The van der Waals surface area contributed by atoms with Crippen LogP contribution in [-0.4, -0.2) is 93.7 Å². The van der Waals surface area contributed by atoms with Gasteiger partial charge in [-0.15, -0.1) is 16.9 Å². The number of carboxylic acids is 1. The number of nitrogens with zero attached hydrogens (tertiary/aromatic N) is 8. The van der Waals surface area contributed by atoms with Crippen LogP contribution in [0, 0.1) is 0 Å². The van der Waals surface area contributed by atoms with E-state index in [1.54, 1.807) is 7.05 Å². The number of aliphatic carboxylic acids is 1. The molecule has 2 atom stereocenters. The topological polar surface area (TPSA) is 204 Å². The Morgan fingerprint density at radius 3 is 2.86 bits per heavy atom. The molecular formula is C17H17ClN10O5S2. The number of oxime groups is 1. The number of carbonyl (C=O) groups excluding carboxylic acids is 2. The highest BCUT2D eigenvalue weighted by molar-refractivity contribution is 8.01. The molecule has 2 aromatic rings. The number of anilines is 1. The number of rotatable bonds is 8. The highest BCUT2D eigenvalue weighted by atomic mass is 35.5. The van der Waals surface area contributed by atoms with Crippen LogP contribution < -0.4 is 11.1 Å². The summed E-state index contributed by atoms with van der Waals surface area (Å²) in [6.45, 7) is 0. The number of fused-ring (bicyclic) bond motifs is 1. The zero-order valence-corrected chi connectivity index (χ0v) is 20.5. The third-order valence-corrected chi connectivity index (χ3v) is 7.48. The summed E-state index contributed by atoms with van der Waals surface area (Å²) in [5, 5.41) is 27.1. The molecule has 0 aliphatic carbocycles. The Labute approximate surface area is 210 Å². The zero-order valence-electron chi connectivity index (χ0n) is 18.1. The number of carbonyl (C=O) groups is 3. The molecule has 1 fully saturated rings. The number of carboxylic acid groups (broad SMARTS) is 1. The van der Waals surface area contributed by atoms with E-state index in [-0.39, 0.29) is 34.0 Å².